The van der Waals surface area contributed by atoms with Gasteiger partial charge in [0.05, 0.1) is 0 Å². The SMILES string of the molecule is CC#C[C@]1(O)CC[C@H]2[C@@H]3CCC4=CC(=O)CCC4=C3[C@@H](CC)C[C@@]21C. The molecule has 4 aliphatic carbocycles. The van der Waals surface area contributed by atoms with Gasteiger partial charge in [-0.15, -0.1) is 5.92 Å². The summed E-state index contributed by atoms with van der Waals surface area (Å²) in [5, 5.41) is 11.4. The number of carbonyl (C=O) groups is 1. The van der Waals surface area contributed by atoms with Crippen molar-refractivity contribution >= 4 is 5.78 Å². The normalized spacial score (nSPS) is 42.8. The number of fused-ring (bicyclic) bond motifs is 4. The van der Waals surface area contributed by atoms with Gasteiger partial charge in [-0.3, -0.25) is 4.79 Å². The lowest BCUT2D eigenvalue weighted by atomic mass is 9.51. The van der Waals surface area contributed by atoms with Crippen LogP contribution in [0.25, 0.3) is 0 Å². The van der Waals surface area contributed by atoms with Gasteiger partial charge in [-0.2, -0.15) is 0 Å². The van der Waals surface area contributed by atoms with Gasteiger partial charge in [0.25, 0.3) is 0 Å². The van der Waals surface area contributed by atoms with E-state index >= 15 is 0 Å². The first-order valence-electron chi connectivity index (χ1n) is 10.1. The van der Waals surface area contributed by atoms with Crippen LogP contribution in [0.2, 0.25) is 0 Å². The molecule has 0 aromatic carbocycles. The summed E-state index contributed by atoms with van der Waals surface area (Å²) < 4.78 is 0. The number of aliphatic hydroxyl groups is 1. The maximum Gasteiger partial charge on any atom is 0.156 e. The number of carbonyl (C=O) groups excluding carboxylic acids is 1. The zero-order chi connectivity index (χ0) is 17.8. The van der Waals surface area contributed by atoms with Crippen LogP contribution < -0.4 is 0 Å². The third kappa shape index (κ3) is 2.32. The molecule has 2 saturated carbocycles. The Kier molecular flexibility index (Phi) is 4.00. The molecule has 4 rings (SSSR count). The van der Waals surface area contributed by atoms with E-state index in [1.807, 2.05) is 13.0 Å². The summed E-state index contributed by atoms with van der Waals surface area (Å²) in [4.78, 5) is 11.9. The topological polar surface area (TPSA) is 37.3 Å². The van der Waals surface area contributed by atoms with Crippen LogP contribution >= 0.6 is 0 Å². The smallest absolute Gasteiger partial charge is 0.156 e. The van der Waals surface area contributed by atoms with Gasteiger partial charge in [0.1, 0.15) is 5.60 Å². The molecule has 0 heterocycles. The van der Waals surface area contributed by atoms with Crippen molar-refractivity contribution in [3.63, 3.8) is 0 Å². The van der Waals surface area contributed by atoms with Crippen LogP contribution in [0, 0.1) is 35.0 Å². The van der Waals surface area contributed by atoms with E-state index in [0.29, 0.717) is 30.0 Å². The van der Waals surface area contributed by atoms with Gasteiger partial charge < -0.3 is 5.11 Å². The second-order valence-corrected chi connectivity index (χ2v) is 8.82. The lowest BCUT2D eigenvalue weighted by molar-refractivity contribution is -0.114. The van der Waals surface area contributed by atoms with Crippen molar-refractivity contribution in [3.8, 4) is 11.8 Å². The zero-order valence-electron chi connectivity index (χ0n) is 15.8. The molecular weight excluding hydrogens is 308 g/mol. The molecule has 0 aliphatic heterocycles. The van der Waals surface area contributed by atoms with Crippen molar-refractivity contribution in [2.24, 2.45) is 23.2 Å². The van der Waals surface area contributed by atoms with Gasteiger partial charge in [-0.1, -0.05) is 25.3 Å². The third-order valence-electron chi connectivity index (χ3n) is 7.82. The Labute approximate surface area is 151 Å². The van der Waals surface area contributed by atoms with Crippen molar-refractivity contribution in [1.82, 2.24) is 0 Å². The minimum Gasteiger partial charge on any atom is -0.377 e. The maximum atomic E-state index is 11.9. The Bertz CT molecular complexity index is 731. The molecular formula is C23H30O2. The molecule has 2 fully saturated rings. The Hall–Kier alpha value is -1.33. The fourth-order valence-electron chi connectivity index (χ4n) is 6.61. The first kappa shape index (κ1) is 17.1. The van der Waals surface area contributed by atoms with Crippen molar-refractivity contribution in [3.05, 3.63) is 22.8 Å². The van der Waals surface area contributed by atoms with Gasteiger partial charge in [0.15, 0.2) is 5.78 Å². The summed E-state index contributed by atoms with van der Waals surface area (Å²) in [7, 11) is 0. The van der Waals surface area contributed by atoms with Crippen molar-refractivity contribution < 1.29 is 9.90 Å². The Morgan fingerprint density at radius 1 is 1.28 bits per heavy atom. The number of ketones is 1. The first-order chi connectivity index (χ1) is 11.9. The minimum absolute atomic E-state index is 0.100. The summed E-state index contributed by atoms with van der Waals surface area (Å²) in [6.07, 6.45) is 9.78. The van der Waals surface area contributed by atoms with Crippen molar-refractivity contribution in [1.29, 1.82) is 0 Å². The fraction of sp³-hybridized carbons (Fsp3) is 0.696. The molecule has 0 radical (unpaired) electrons. The van der Waals surface area contributed by atoms with E-state index in [-0.39, 0.29) is 5.41 Å². The molecule has 0 spiro atoms. The van der Waals surface area contributed by atoms with Gasteiger partial charge in [-0.05, 0) is 86.8 Å². The molecule has 2 heteroatoms. The second-order valence-electron chi connectivity index (χ2n) is 8.82. The summed E-state index contributed by atoms with van der Waals surface area (Å²) in [6, 6.07) is 0. The Balaban J connectivity index is 1.82. The number of allylic oxidation sites excluding steroid dienone is 4. The standard InChI is InChI=1S/C23H30O2/c1-4-11-23(25)12-10-20-19-8-6-16-13-17(24)7-9-18(16)21(19)15(5-2)14-22(20,23)3/h13,15,19-20,25H,5-10,12,14H2,1-3H3/t15-,19-,20-,22-,23-/m0/s1. The molecule has 2 nitrogen and oxygen atoms in total. The minimum atomic E-state index is -0.825. The monoisotopic (exact) mass is 338 g/mol. The average Bonchev–Trinajstić information content (AvgIpc) is 2.85. The van der Waals surface area contributed by atoms with E-state index < -0.39 is 5.60 Å². The average molecular weight is 338 g/mol. The lowest BCUT2D eigenvalue weighted by Gasteiger charge is -2.53. The maximum absolute atomic E-state index is 11.9. The summed E-state index contributed by atoms with van der Waals surface area (Å²) in [6.45, 7) is 6.43. The summed E-state index contributed by atoms with van der Waals surface area (Å²) in [5.74, 6) is 8.15. The predicted molar refractivity (Wildman–Crippen MR) is 99.7 cm³/mol. The molecule has 1 N–H and O–H groups in total. The van der Waals surface area contributed by atoms with E-state index in [9.17, 15) is 9.90 Å². The third-order valence-corrected chi connectivity index (χ3v) is 7.82. The Morgan fingerprint density at radius 2 is 2.08 bits per heavy atom. The van der Waals surface area contributed by atoms with Crippen molar-refractivity contribution in [2.45, 2.75) is 77.7 Å². The molecule has 0 aromatic rings. The Morgan fingerprint density at radius 3 is 2.80 bits per heavy atom. The molecule has 0 amide bonds. The predicted octanol–water partition coefficient (Wildman–Crippen LogP) is 4.58. The van der Waals surface area contributed by atoms with E-state index in [0.717, 1.165) is 44.9 Å². The number of rotatable bonds is 1. The molecule has 25 heavy (non-hydrogen) atoms. The van der Waals surface area contributed by atoms with Crippen LogP contribution in [-0.4, -0.2) is 16.5 Å². The highest BCUT2D eigenvalue weighted by Gasteiger charge is 2.62. The molecule has 4 aliphatic rings. The largest absolute Gasteiger partial charge is 0.377 e. The van der Waals surface area contributed by atoms with E-state index in [2.05, 4.69) is 25.7 Å². The van der Waals surface area contributed by atoms with Gasteiger partial charge in [0, 0.05) is 11.8 Å². The molecule has 5 atom stereocenters. The molecule has 0 aromatic heterocycles. The van der Waals surface area contributed by atoms with E-state index in [1.165, 1.54) is 11.1 Å². The van der Waals surface area contributed by atoms with Crippen LogP contribution in [0.4, 0.5) is 0 Å². The van der Waals surface area contributed by atoms with Crippen LogP contribution in [0.3, 0.4) is 0 Å². The van der Waals surface area contributed by atoms with Gasteiger partial charge in [-0.25, -0.2) is 0 Å². The highest BCUT2D eigenvalue weighted by molar-refractivity contribution is 5.93. The van der Waals surface area contributed by atoms with E-state index in [4.69, 9.17) is 0 Å². The number of hydrogen-bond donors (Lipinski definition) is 1. The quantitative estimate of drug-likeness (QED) is 0.710. The van der Waals surface area contributed by atoms with Crippen LogP contribution in [-0.2, 0) is 4.79 Å². The first-order valence-corrected chi connectivity index (χ1v) is 10.1. The van der Waals surface area contributed by atoms with Crippen LogP contribution in [0.15, 0.2) is 22.8 Å². The molecule has 0 unspecified atom stereocenters. The second kappa shape index (κ2) is 5.85. The van der Waals surface area contributed by atoms with Crippen LogP contribution in [0.1, 0.15) is 72.1 Å². The zero-order valence-corrected chi connectivity index (χ0v) is 15.8. The van der Waals surface area contributed by atoms with Crippen LogP contribution in [0.5, 0.6) is 0 Å². The van der Waals surface area contributed by atoms with Gasteiger partial charge >= 0.3 is 0 Å². The summed E-state index contributed by atoms with van der Waals surface area (Å²) in [5.41, 5.74) is 3.57. The lowest BCUT2D eigenvalue weighted by Crippen LogP contribution is -2.51. The molecule has 134 valence electrons. The highest BCUT2D eigenvalue weighted by Crippen LogP contribution is 2.65. The molecule has 0 bridgehead atoms. The van der Waals surface area contributed by atoms with Crippen molar-refractivity contribution in [2.75, 3.05) is 0 Å². The van der Waals surface area contributed by atoms with Gasteiger partial charge in [0.2, 0.25) is 0 Å². The fourth-order valence-corrected chi connectivity index (χ4v) is 6.61. The number of hydrogen-bond acceptors (Lipinski definition) is 2. The molecule has 0 saturated heterocycles. The van der Waals surface area contributed by atoms with E-state index in [1.54, 1.807) is 5.57 Å². The summed E-state index contributed by atoms with van der Waals surface area (Å²) >= 11 is 0. The highest BCUT2D eigenvalue weighted by atomic mass is 16.3.